The summed E-state index contributed by atoms with van der Waals surface area (Å²) in [6.07, 6.45) is 9.67. The lowest BCUT2D eigenvalue weighted by atomic mass is 9.95. The van der Waals surface area contributed by atoms with Gasteiger partial charge in [-0.1, -0.05) is 55.8 Å². The van der Waals surface area contributed by atoms with Crippen molar-refractivity contribution >= 4 is 11.6 Å². The summed E-state index contributed by atoms with van der Waals surface area (Å²) >= 11 is 5.93. The van der Waals surface area contributed by atoms with Crippen LogP contribution in [0.3, 0.4) is 0 Å². The fraction of sp³-hybridized carbons (Fsp3) is 0.625. The van der Waals surface area contributed by atoms with Crippen LogP contribution in [0, 0.1) is 0 Å². The Labute approximate surface area is 116 Å². The minimum Gasteiger partial charge on any atom is -0.307 e. The van der Waals surface area contributed by atoms with E-state index in [0.29, 0.717) is 12.1 Å². The molecule has 0 aromatic heterocycles. The van der Waals surface area contributed by atoms with Crippen LogP contribution in [-0.2, 0) is 0 Å². The van der Waals surface area contributed by atoms with Crippen molar-refractivity contribution in [2.75, 3.05) is 0 Å². The lowest BCUT2D eigenvalue weighted by Crippen LogP contribution is -2.32. The molecule has 0 spiro atoms. The SMILES string of the molecule is CC(NC1CCCCCCC1)c1ccc(Cl)cc1. The lowest BCUT2D eigenvalue weighted by molar-refractivity contribution is 0.363. The molecule has 1 fully saturated rings. The van der Waals surface area contributed by atoms with Crippen LogP contribution in [-0.4, -0.2) is 6.04 Å². The quantitative estimate of drug-likeness (QED) is 0.801. The third-order valence-electron chi connectivity index (χ3n) is 3.96. The summed E-state index contributed by atoms with van der Waals surface area (Å²) < 4.78 is 0. The van der Waals surface area contributed by atoms with E-state index in [1.807, 2.05) is 12.1 Å². The minimum atomic E-state index is 0.423. The minimum absolute atomic E-state index is 0.423. The molecule has 0 radical (unpaired) electrons. The highest BCUT2D eigenvalue weighted by Gasteiger charge is 2.14. The zero-order valence-corrected chi connectivity index (χ0v) is 12.0. The van der Waals surface area contributed by atoms with Gasteiger partial charge in [-0.15, -0.1) is 0 Å². The smallest absolute Gasteiger partial charge is 0.0406 e. The van der Waals surface area contributed by atoms with E-state index in [-0.39, 0.29) is 0 Å². The molecule has 1 unspecified atom stereocenters. The number of hydrogen-bond acceptors (Lipinski definition) is 1. The van der Waals surface area contributed by atoms with Crippen molar-refractivity contribution in [1.82, 2.24) is 5.32 Å². The monoisotopic (exact) mass is 265 g/mol. The van der Waals surface area contributed by atoms with Gasteiger partial charge >= 0.3 is 0 Å². The van der Waals surface area contributed by atoms with Crippen LogP contribution in [0.25, 0.3) is 0 Å². The summed E-state index contributed by atoms with van der Waals surface area (Å²) in [5, 5.41) is 4.60. The van der Waals surface area contributed by atoms with Crippen LogP contribution in [0.1, 0.15) is 63.5 Å². The maximum Gasteiger partial charge on any atom is 0.0406 e. The highest BCUT2D eigenvalue weighted by atomic mass is 35.5. The predicted molar refractivity (Wildman–Crippen MR) is 79.1 cm³/mol. The van der Waals surface area contributed by atoms with E-state index >= 15 is 0 Å². The second kappa shape index (κ2) is 7.16. The summed E-state index contributed by atoms with van der Waals surface area (Å²) in [5.41, 5.74) is 1.33. The summed E-state index contributed by atoms with van der Waals surface area (Å²) in [7, 11) is 0. The molecule has 2 heteroatoms. The first-order valence-electron chi connectivity index (χ1n) is 7.27. The average Bonchev–Trinajstić information content (AvgIpc) is 2.33. The Kier molecular flexibility index (Phi) is 5.52. The zero-order chi connectivity index (χ0) is 12.8. The molecular formula is C16H24ClN. The van der Waals surface area contributed by atoms with E-state index in [0.717, 1.165) is 5.02 Å². The van der Waals surface area contributed by atoms with Gasteiger partial charge in [0.1, 0.15) is 0 Å². The van der Waals surface area contributed by atoms with Crippen molar-refractivity contribution in [3.8, 4) is 0 Å². The Morgan fingerprint density at radius 2 is 1.56 bits per heavy atom. The fourth-order valence-corrected chi connectivity index (χ4v) is 2.95. The molecule has 0 bridgehead atoms. The first-order valence-corrected chi connectivity index (χ1v) is 7.65. The van der Waals surface area contributed by atoms with Gasteiger partial charge < -0.3 is 5.32 Å². The molecule has 1 aromatic rings. The van der Waals surface area contributed by atoms with Gasteiger partial charge in [-0.2, -0.15) is 0 Å². The third kappa shape index (κ3) is 4.29. The van der Waals surface area contributed by atoms with Gasteiger partial charge in [0.25, 0.3) is 0 Å². The van der Waals surface area contributed by atoms with Gasteiger partial charge in [0.2, 0.25) is 0 Å². The topological polar surface area (TPSA) is 12.0 Å². The van der Waals surface area contributed by atoms with Crippen molar-refractivity contribution in [2.45, 2.75) is 64.0 Å². The number of hydrogen-bond donors (Lipinski definition) is 1. The highest BCUT2D eigenvalue weighted by molar-refractivity contribution is 6.30. The first kappa shape index (κ1) is 13.9. The van der Waals surface area contributed by atoms with Crippen molar-refractivity contribution in [2.24, 2.45) is 0 Å². The summed E-state index contributed by atoms with van der Waals surface area (Å²) in [4.78, 5) is 0. The van der Waals surface area contributed by atoms with Crippen LogP contribution in [0.15, 0.2) is 24.3 Å². The number of benzene rings is 1. The number of nitrogens with one attached hydrogen (secondary N) is 1. The largest absolute Gasteiger partial charge is 0.307 e. The molecule has 0 saturated heterocycles. The van der Waals surface area contributed by atoms with E-state index in [1.165, 1.54) is 50.5 Å². The van der Waals surface area contributed by atoms with E-state index in [4.69, 9.17) is 11.6 Å². The third-order valence-corrected chi connectivity index (χ3v) is 4.21. The Morgan fingerprint density at radius 1 is 1.00 bits per heavy atom. The van der Waals surface area contributed by atoms with Crippen LogP contribution in [0.2, 0.25) is 5.02 Å². The highest BCUT2D eigenvalue weighted by Crippen LogP contribution is 2.21. The molecule has 1 aliphatic rings. The summed E-state index contributed by atoms with van der Waals surface area (Å²) in [5.74, 6) is 0. The summed E-state index contributed by atoms with van der Waals surface area (Å²) in [6.45, 7) is 2.25. The Hall–Kier alpha value is -0.530. The molecule has 1 aliphatic carbocycles. The van der Waals surface area contributed by atoms with Crippen molar-refractivity contribution in [3.05, 3.63) is 34.9 Å². The van der Waals surface area contributed by atoms with Gasteiger partial charge in [0.15, 0.2) is 0 Å². The van der Waals surface area contributed by atoms with E-state index in [1.54, 1.807) is 0 Å². The van der Waals surface area contributed by atoms with Crippen molar-refractivity contribution in [3.63, 3.8) is 0 Å². The zero-order valence-electron chi connectivity index (χ0n) is 11.3. The van der Waals surface area contributed by atoms with Gasteiger partial charge in [0, 0.05) is 17.1 Å². The van der Waals surface area contributed by atoms with E-state index in [2.05, 4.69) is 24.4 Å². The van der Waals surface area contributed by atoms with Crippen LogP contribution < -0.4 is 5.32 Å². The molecule has 0 amide bonds. The molecule has 2 rings (SSSR count). The molecule has 18 heavy (non-hydrogen) atoms. The second-order valence-electron chi connectivity index (χ2n) is 5.48. The van der Waals surface area contributed by atoms with Gasteiger partial charge in [-0.05, 0) is 37.5 Å². The Morgan fingerprint density at radius 3 is 2.17 bits per heavy atom. The van der Waals surface area contributed by atoms with Crippen LogP contribution >= 0.6 is 11.6 Å². The Balaban J connectivity index is 1.88. The maximum absolute atomic E-state index is 5.93. The molecule has 1 nitrogen and oxygen atoms in total. The lowest BCUT2D eigenvalue weighted by Gasteiger charge is -2.25. The molecule has 100 valence electrons. The standard InChI is InChI=1S/C16H24ClN/c1-13(14-9-11-15(17)12-10-14)18-16-7-5-3-2-4-6-8-16/h9-13,16,18H,2-8H2,1H3. The fourth-order valence-electron chi connectivity index (χ4n) is 2.82. The van der Waals surface area contributed by atoms with Gasteiger partial charge in [-0.3, -0.25) is 0 Å². The number of halogens is 1. The van der Waals surface area contributed by atoms with Gasteiger partial charge in [0.05, 0.1) is 0 Å². The summed E-state index contributed by atoms with van der Waals surface area (Å²) in [6, 6.07) is 9.33. The van der Waals surface area contributed by atoms with Crippen molar-refractivity contribution in [1.29, 1.82) is 0 Å². The Bertz CT molecular complexity index is 339. The van der Waals surface area contributed by atoms with Crippen molar-refractivity contribution < 1.29 is 0 Å². The maximum atomic E-state index is 5.93. The molecular weight excluding hydrogens is 242 g/mol. The molecule has 0 aliphatic heterocycles. The van der Waals surface area contributed by atoms with Gasteiger partial charge in [-0.25, -0.2) is 0 Å². The second-order valence-corrected chi connectivity index (χ2v) is 5.92. The molecule has 1 atom stereocenters. The molecule has 0 heterocycles. The van der Waals surface area contributed by atoms with Crippen LogP contribution in [0.5, 0.6) is 0 Å². The van der Waals surface area contributed by atoms with E-state index in [9.17, 15) is 0 Å². The predicted octanol–water partition coefficient (Wildman–Crippen LogP) is 5.10. The first-order chi connectivity index (χ1) is 8.75. The number of rotatable bonds is 3. The normalized spacial score (nSPS) is 20.1. The average molecular weight is 266 g/mol. The van der Waals surface area contributed by atoms with E-state index < -0.39 is 0 Å². The molecule has 1 saturated carbocycles. The molecule has 1 N–H and O–H groups in total. The molecule has 1 aromatic carbocycles. The van der Waals surface area contributed by atoms with Crippen LogP contribution in [0.4, 0.5) is 0 Å².